The molecule has 0 saturated carbocycles. The zero-order chi connectivity index (χ0) is 26.6. The first-order chi connectivity index (χ1) is 19.8. The Morgan fingerprint density at radius 1 is 0.425 bits per heavy atom. The maximum Gasteiger partial charge on any atom is 0.0998 e. The van der Waals surface area contributed by atoms with Crippen LogP contribution in [0.3, 0.4) is 0 Å². The van der Waals surface area contributed by atoms with E-state index in [4.69, 9.17) is 0 Å². The SMILES string of the molecule is N#Cc1cc(-c2ccc3c(c2)sc2ccccc23)cc(-c2ccccc2)c1-c1ccc2c(c1)sc1ccccc12. The van der Waals surface area contributed by atoms with Crippen molar-refractivity contribution >= 4 is 63.0 Å². The molecule has 0 fully saturated rings. The molecular weight excluding hydrogens is 523 g/mol. The van der Waals surface area contributed by atoms with E-state index < -0.39 is 0 Å². The molecule has 0 spiro atoms. The minimum absolute atomic E-state index is 0.688. The third-order valence-corrected chi connectivity index (χ3v) is 9.99. The van der Waals surface area contributed by atoms with E-state index in [-0.39, 0.29) is 0 Å². The van der Waals surface area contributed by atoms with Gasteiger partial charge in [-0.15, -0.1) is 22.7 Å². The van der Waals surface area contributed by atoms with Crippen molar-refractivity contribution in [2.24, 2.45) is 0 Å². The lowest BCUT2D eigenvalue weighted by Crippen LogP contribution is -1.93. The summed E-state index contributed by atoms with van der Waals surface area (Å²) in [6.07, 6.45) is 0. The first kappa shape index (κ1) is 23.2. The third kappa shape index (κ3) is 3.66. The molecule has 40 heavy (non-hydrogen) atoms. The van der Waals surface area contributed by atoms with Crippen LogP contribution in [0.25, 0.3) is 73.7 Å². The monoisotopic (exact) mass is 543 g/mol. The number of fused-ring (bicyclic) bond motifs is 6. The first-order valence-corrected chi connectivity index (χ1v) is 14.9. The molecule has 0 N–H and O–H groups in total. The zero-order valence-electron chi connectivity index (χ0n) is 21.4. The van der Waals surface area contributed by atoms with Crippen LogP contribution in [0.5, 0.6) is 0 Å². The van der Waals surface area contributed by atoms with Crippen LogP contribution in [0.2, 0.25) is 0 Å². The van der Waals surface area contributed by atoms with Crippen molar-refractivity contribution in [1.29, 1.82) is 5.26 Å². The highest BCUT2D eigenvalue weighted by Gasteiger charge is 2.17. The summed E-state index contributed by atoms with van der Waals surface area (Å²) in [5.41, 5.74) is 7.11. The minimum Gasteiger partial charge on any atom is -0.192 e. The highest BCUT2D eigenvalue weighted by Crippen LogP contribution is 2.43. The average Bonchev–Trinajstić information content (AvgIpc) is 3.58. The average molecular weight is 544 g/mol. The second kappa shape index (κ2) is 9.17. The molecule has 3 heteroatoms. The van der Waals surface area contributed by atoms with Gasteiger partial charge in [0.05, 0.1) is 11.6 Å². The molecule has 0 aliphatic carbocycles. The summed E-state index contributed by atoms with van der Waals surface area (Å²) >= 11 is 3.63. The Labute approximate surface area is 239 Å². The van der Waals surface area contributed by atoms with E-state index in [2.05, 4.69) is 127 Å². The van der Waals surface area contributed by atoms with Gasteiger partial charge in [0.15, 0.2) is 0 Å². The van der Waals surface area contributed by atoms with E-state index in [1.165, 1.54) is 40.3 Å². The molecule has 0 bridgehead atoms. The highest BCUT2D eigenvalue weighted by atomic mass is 32.1. The molecule has 6 aromatic carbocycles. The molecule has 1 nitrogen and oxygen atoms in total. The predicted molar refractivity (Wildman–Crippen MR) is 173 cm³/mol. The Bertz CT molecular complexity index is 2280. The van der Waals surface area contributed by atoms with Crippen LogP contribution in [-0.4, -0.2) is 0 Å². The summed E-state index contributed by atoms with van der Waals surface area (Å²) in [5, 5.41) is 15.6. The van der Waals surface area contributed by atoms with Gasteiger partial charge in [-0.1, -0.05) is 91.0 Å². The lowest BCUT2D eigenvalue weighted by molar-refractivity contribution is 1.47. The Morgan fingerprint density at radius 2 is 0.975 bits per heavy atom. The van der Waals surface area contributed by atoms with Gasteiger partial charge in [-0.3, -0.25) is 0 Å². The smallest absolute Gasteiger partial charge is 0.0998 e. The number of rotatable bonds is 3. The normalized spacial score (nSPS) is 11.5. The van der Waals surface area contributed by atoms with E-state index >= 15 is 0 Å². The van der Waals surface area contributed by atoms with Crippen molar-refractivity contribution in [2.75, 3.05) is 0 Å². The van der Waals surface area contributed by atoms with Crippen molar-refractivity contribution in [1.82, 2.24) is 0 Å². The second-order valence-corrected chi connectivity index (χ2v) is 12.2. The van der Waals surface area contributed by atoms with Crippen molar-refractivity contribution < 1.29 is 0 Å². The van der Waals surface area contributed by atoms with Crippen molar-refractivity contribution in [3.8, 4) is 39.4 Å². The summed E-state index contributed by atoms with van der Waals surface area (Å²) in [6, 6.07) is 47.8. The fourth-order valence-corrected chi connectivity index (χ4v) is 8.13. The molecule has 0 atom stereocenters. The van der Waals surface area contributed by atoms with Gasteiger partial charge < -0.3 is 0 Å². The molecule has 0 unspecified atom stereocenters. The Kier molecular flexibility index (Phi) is 5.31. The fourth-order valence-electron chi connectivity index (χ4n) is 5.84. The Morgan fingerprint density at radius 3 is 1.62 bits per heavy atom. The van der Waals surface area contributed by atoms with Gasteiger partial charge in [0, 0.05) is 45.9 Å². The minimum atomic E-state index is 0.688. The molecule has 0 amide bonds. The number of benzene rings is 6. The molecule has 0 saturated heterocycles. The van der Waals surface area contributed by atoms with Crippen LogP contribution in [-0.2, 0) is 0 Å². The zero-order valence-corrected chi connectivity index (χ0v) is 23.0. The van der Waals surface area contributed by atoms with Crippen LogP contribution < -0.4 is 0 Å². The van der Waals surface area contributed by atoms with Gasteiger partial charge in [0.1, 0.15) is 0 Å². The molecule has 2 aromatic heterocycles. The standard InChI is InChI=1S/C37H21NS2/c38-22-27-18-26(24-14-16-30-28-10-4-6-12-33(28)39-35(30)20-24)19-32(23-8-2-1-3-9-23)37(27)25-15-17-31-29-11-5-7-13-34(29)40-36(31)21-25/h1-21H. The summed E-state index contributed by atoms with van der Waals surface area (Å²) in [4.78, 5) is 0. The predicted octanol–water partition coefficient (Wildman–Crippen LogP) is 11.3. The molecule has 0 aliphatic rings. The topological polar surface area (TPSA) is 23.8 Å². The molecule has 186 valence electrons. The van der Waals surface area contributed by atoms with Crippen molar-refractivity contribution in [3.05, 3.63) is 133 Å². The summed E-state index contributed by atoms with van der Waals surface area (Å²) in [5.74, 6) is 0. The molecule has 8 rings (SSSR count). The van der Waals surface area contributed by atoms with Crippen LogP contribution in [0.1, 0.15) is 5.56 Å². The van der Waals surface area contributed by atoms with Crippen molar-refractivity contribution in [3.63, 3.8) is 0 Å². The molecule has 8 aromatic rings. The van der Waals surface area contributed by atoms with Gasteiger partial charge in [0.25, 0.3) is 0 Å². The summed E-state index contributed by atoms with van der Waals surface area (Å²) in [6.45, 7) is 0. The molecule has 2 heterocycles. The van der Waals surface area contributed by atoms with Gasteiger partial charge in [-0.25, -0.2) is 0 Å². The molecular formula is C37H21NS2. The lowest BCUT2D eigenvalue weighted by Gasteiger charge is -2.16. The van der Waals surface area contributed by atoms with Crippen LogP contribution >= 0.6 is 22.7 Å². The second-order valence-electron chi connectivity index (χ2n) is 10.0. The van der Waals surface area contributed by atoms with Crippen LogP contribution in [0, 0.1) is 11.3 Å². The Hall–Kier alpha value is -4.75. The molecule has 0 radical (unpaired) electrons. The maximum atomic E-state index is 10.5. The lowest BCUT2D eigenvalue weighted by atomic mass is 9.87. The number of hydrogen-bond acceptors (Lipinski definition) is 3. The van der Waals surface area contributed by atoms with Gasteiger partial charge in [-0.2, -0.15) is 5.26 Å². The quantitative estimate of drug-likeness (QED) is 0.217. The van der Waals surface area contributed by atoms with Gasteiger partial charge in [0.2, 0.25) is 0 Å². The number of nitriles is 1. The van der Waals surface area contributed by atoms with Crippen LogP contribution in [0.4, 0.5) is 0 Å². The number of nitrogens with zero attached hydrogens (tertiary/aromatic N) is 1. The van der Waals surface area contributed by atoms with E-state index in [1.807, 2.05) is 17.4 Å². The first-order valence-electron chi connectivity index (χ1n) is 13.2. The van der Waals surface area contributed by atoms with E-state index in [1.54, 1.807) is 11.3 Å². The largest absolute Gasteiger partial charge is 0.192 e. The van der Waals surface area contributed by atoms with E-state index in [0.29, 0.717) is 5.56 Å². The Balaban J connectivity index is 1.36. The highest BCUT2D eigenvalue weighted by molar-refractivity contribution is 7.26. The van der Waals surface area contributed by atoms with Crippen LogP contribution in [0.15, 0.2) is 127 Å². The van der Waals surface area contributed by atoms with E-state index in [0.717, 1.165) is 33.4 Å². The number of thiophene rings is 2. The van der Waals surface area contributed by atoms with Gasteiger partial charge >= 0.3 is 0 Å². The maximum absolute atomic E-state index is 10.5. The van der Waals surface area contributed by atoms with E-state index in [9.17, 15) is 5.26 Å². The van der Waals surface area contributed by atoms with Gasteiger partial charge in [-0.05, 0) is 64.2 Å². The number of hydrogen-bond donors (Lipinski definition) is 0. The van der Waals surface area contributed by atoms with Crippen molar-refractivity contribution in [2.45, 2.75) is 0 Å². The molecule has 0 aliphatic heterocycles. The fraction of sp³-hybridized carbons (Fsp3) is 0. The summed E-state index contributed by atoms with van der Waals surface area (Å²) < 4.78 is 5.08. The summed E-state index contributed by atoms with van der Waals surface area (Å²) in [7, 11) is 0. The third-order valence-electron chi connectivity index (χ3n) is 7.72.